The van der Waals surface area contributed by atoms with E-state index in [0.29, 0.717) is 6.26 Å². The van der Waals surface area contributed by atoms with Crippen molar-refractivity contribution in [2.75, 3.05) is 0 Å². The summed E-state index contributed by atoms with van der Waals surface area (Å²) in [5.41, 5.74) is -0.522. The number of halogens is 3. The van der Waals surface area contributed by atoms with Crippen LogP contribution < -0.4 is 5.43 Å². The van der Waals surface area contributed by atoms with Crippen LogP contribution >= 0.6 is 0 Å². The zero-order chi connectivity index (χ0) is 12.8. The van der Waals surface area contributed by atoms with Crippen molar-refractivity contribution in [3.63, 3.8) is 0 Å². The van der Waals surface area contributed by atoms with E-state index in [0.717, 1.165) is 11.1 Å². The molecule has 0 saturated heterocycles. The van der Waals surface area contributed by atoms with Crippen LogP contribution in [-0.4, -0.2) is 0 Å². The van der Waals surface area contributed by atoms with Crippen LogP contribution in [0.5, 0.6) is 0 Å². The summed E-state index contributed by atoms with van der Waals surface area (Å²) in [5, 5.41) is -0.0390. The Bertz CT molecular complexity index is 638. The largest absolute Gasteiger partial charge is 0.463 e. The molecule has 2 rings (SSSR count). The highest BCUT2D eigenvalue weighted by molar-refractivity contribution is 5.78. The molecule has 2 nitrogen and oxygen atoms in total. The molecule has 0 saturated carbocycles. The molecular formula is C12H9F3O2. The minimum Gasteiger partial charge on any atom is -0.463 e. The maximum Gasteiger partial charge on any atom is 0.423 e. The fourth-order valence-corrected chi connectivity index (χ4v) is 1.58. The topological polar surface area (TPSA) is 30.2 Å². The molecule has 1 heterocycles. The summed E-state index contributed by atoms with van der Waals surface area (Å²) in [6.45, 7) is 3.53. The van der Waals surface area contributed by atoms with Gasteiger partial charge in [-0.1, -0.05) is 0 Å². The Morgan fingerprint density at radius 2 is 1.71 bits per heavy atom. The van der Waals surface area contributed by atoms with Gasteiger partial charge in [-0.2, -0.15) is 13.2 Å². The fraction of sp³-hybridized carbons (Fsp3) is 0.250. The Hall–Kier alpha value is -1.78. The standard InChI is InChI=1S/C12H9F3O2/c1-6-3-8-10(4-7(6)2)17-5-9(11(8)16)12(13,14)15/h3-5H,1-2H3. The number of fused-ring (bicyclic) bond motifs is 1. The van der Waals surface area contributed by atoms with Crippen LogP contribution in [0, 0.1) is 13.8 Å². The minimum atomic E-state index is -4.69. The van der Waals surface area contributed by atoms with Gasteiger partial charge in [0, 0.05) is 0 Å². The van der Waals surface area contributed by atoms with Gasteiger partial charge in [-0.15, -0.1) is 0 Å². The SMILES string of the molecule is Cc1cc2occ(C(F)(F)F)c(=O)c2cc1C. The van der Waals surface area contributed by atoms with Gasteiger partial charge < -0.3 is 4.42 Å². The van der Waals surface area contributed by atoms with E-state index in [-0.39, 0.29) is 11.0 Å². The quantitative estimate of drug-likeness (QED) is 0.708. The highest BCUT2D eigenvalue weighted by Crippen LogP contribution is 2.28. The predicted molar refractivity (Wildman–Crippen MR) is 57.0 cm³/mol. The molecule has 90 valence electrons. The van der Waals surface area contributed by atoms with Crippen molar-refractivity contribution in [3.8, 4) is 0 Å². The first-order valence-electron chi connectivity index (χ1n) is 4.90. The number of rotatable bonds is 0. The number of aryl methyl sites for hydroxylation is 2. The maximum atomic E-state index is 12.5. The molecule has 2 aromatic rings. The van der Waals surface area contributed by atoms with Crippen LogP contribution in [0.15, 0.2) is 27.6 Å². The molecule has 1 aromatic heterocycles. The number of hydrogen-bond acceptors (Lipinski definition) is 2. The molecule has 0 aliphatic heterocycles. The van der Waals surface area contributed by atoms with Crippen LogP contribution in [-0.2, 0) is 6.18 Å². The molecule has 0 unspecified atom stereocenters. The van der Waals surface area contributed by atoms with Crippen molar-refractivity contribution in [1.29, 1.82) is 0 Å². The van der Waals surface area contributed by atoms with Crippen molar-refractivity contribution in [1.82, 2.24) is 0 Å². The van der Waals surface area contributed by atoms with E-state index in [4.69, 9.17) is 4.42 Å². The van der Waals surface area contributed by atoms with Gasteiger partial charge in [-0.05, 0) is 37.1 Å². The number of alkyl halides is 3. The Labute approximate surface area is 94.7 Å². The van der Waals surface area contributed by atoms with Crippen LogP contribution in [0.2, 0.25) is 0 Å². The Morgan fingerprint density at radius 3 is 2.29 bits per heavy atom. The molecule has 0 amide bonds. The number of benzene rings is 1. The summed E-state index contributed by atoms with van der Waals surface area (Å²) in [6.07, 6.45) is -4.22. The summed E-state index contributed by atoms with van der Waals surface area (Å²) in [6, 6.07) is 2.98. The third kappa shape index (κ3) is 1.92. The summed E-state index contributed by atoms with van der Waals surface area (Å²) in [7, 11) is 0. The molecular weight excluding hydrogens is 233 g/mol. The van der Waals surface area contributed by atoms with Crippen molar-refractivity contribution >= 4 is 11.0 Å². The second-order valence-corrected chi connectivity index (χ2v) is 3.91. The highest BCUT2D eigenvalue weighted by atomic mass is 19.4. The molecule has 0 radical (unpaired) electrons. The molecule has 0 atom stereocenters. The van der Waals surface area contributed by atoms with Gasteiger partial charge in [0.15, 0.2) is 0 Å². The van der Waals surface area contributed by atoms with Crippen molar-refractivity contribution < 1.29 is 17.6 Å². The molecule has 0 spiro atoms. The smallest absolute Gasteiger partial charge is 0.423 e. The van der Waals surface area contributed by atoms with Crippen molar-refractivity contribution in [2.24, 2.45) is 0 Å². The first kappa shape index (κ1) is 11.7. The molecule has 0 aliphatic carbocycles. The second-order valence-electron chi connectivity index (χ2n) is 3.91. The van der Waals surface area contributed by atoms with Crippen LogP contribution in [0.1, 0.15) is 16.7 Å². The van der Waals surface area contributed by atoms with Gasteiger partial charge in [0.2, 0.25) is 5.43 Å². The first-order valence-corrected chi connectivity index (χ1v) is 4.90. The predicted octanol–water partition coefficient (Wildman–Crippen LogP) is 3.43. The normalized spacial score (nSPS) is 12.1. The van der Waals surface area contributed by atoms with E-state index in [1.807, 2.05) is 0 Å². The van der Waals surface area contributed by atoms with E-state index in [1.54, 1.807) is 19.9 Å². The van der Waals surface area contributed by atoms with E-state index in [2.05, 4.69) is 0 Å². The highest BCUT2D eigenvalue weighted by Gasteiger charge is 2.35. The monoisotopic (exact) mass is 242 g/mol. The molecule has 0 bridgehead atoms. The van der Waals surface area contributed by atoms with Gasteiger partial charge >= 0.3 is 6.18 Å². The first-order chi connectivity index (χ1) is 7.80. The second kappa shape index (κ2) is 3.61. The minimum absolute atomic E-state index is 0.0390. The van der Waals surface area contributed by atoms with Crippen LogP contribution in [0.25, 0.3) is 11.0 Å². The third-order valence-electron chi connectivity index (χ3n) is 2.69. The van der Waals surface area contributed by atoms with E-state index in [1.165, 1.54) is 6.07 Å². The van der Waals surface area contributed by atoms with Gasteiger partial charge in [-0.3, -0.25) is 4.79 Å². The molecule has 1 aromatic carbocycles. The number of hydrogen-bond donors (Lipinski definition) is 0. The van der Waals surface area contributed by atoms with E-state index >= 15 is 0 Å². The molecule has 17 heavy (non-hydrogen) atoms. The summed E-state index contributed by atoms with van der Waals surface area (Å²) >= 11 is 0. The average Bonchev–Trinajstić information content (AvgIpc) is 2.19. The summed E-state index contributed by atoms with van der Waals surface area (Å²) in [5.74, 6) is 0. The fourth-order valence-electron chi connectivity index (χ4n) is 1.58. The lowest BCUT2D eigenvalue weighted by Gasteiger charge is -2.07. The molecule has 0 fully saturated rings. The lowest BCUT2D eigenvalue weighted by Crippen LogP contribution is -2.18. The van der Waals surface area contributed by atoms with Gasteiger partial charge in [0.1, 0.15) is 17.4 Å². The Morgan fingerprint density at radius 1 is 1.12 bits per heavy atom. The lowest BCUT2D eigenvalue weighted by molar-refractivity contribution is -0.139. The Kier molecular flexibility index (Phi) is 2.49. The zero-order valence-electron chi connectivity index (χ0n) is 9.18. The average molecular weight is 242 g/mol. The maximum absolute atomic E-state index is 12.5. The van der Waals surface area contributed by atoms with Crippen molar-refractivity contribution in [3.05, 3.63) is 45.3 Å². The summed E-state index contributed by atoms with van der Waals surface area (Å²) < 4.78 is 42.4. The van der Waals surface area contributed by atoms with Crippen molar-refractivity contribution in [2.45, 2.75) is 20.0 Å². The van der Waals surface area contributed by atoms with Gasteiger partial charge in [-0.25, -0.2) is 0 Å². The van der Waals surface area contributed by atoms with Crippen LogP contribution in [0.4, 0.5) is 13.2 Å². The Balaban J connectivity index is 2.85. The lowest BCUT2D eigenvalue weighted by atomic mass is 10.1. The van der Waals surface area contributed by atoms with Crippen LogP contribution in [0.3, 0.4) is 0 Å². The summed E-state index contributed by atoms with van der Waals surface area (Å²) in [4.78, 5) is 11.7. The van der Waals surface area contributed by atoms with E-state index in [9.17, 15) is 18.0 Å². The van der Waals surface area contributed by atoms with Gasteiger partial charge in [0.05, 0.1) is 5.39 Å². The van der Waals surface area contributed by atoms with E-state index < -0.39 is 17.2 Å². The molecule has 0 N–H and O–H groups in total. The zero-order valence-corrected chi connectivity index (χ0v) is 9.18. The molecule has 0 aliphatic rings. The van der Waals surface area contributed by atoms with Gasteiger partial charge in [0.25, 0.3) is 0 Å². The molecule has 5 heteroatoms. The third-order valence-corrected chi connectivity index (χ3v) is 2.69.